The zero-order chi connectivity index (χ0) is 10.1. The van der Waals surface area contributed by atoms with Crippen molar-refractivity contribution in [1.29, 1.82) is 0 Å². The van der Waals surface area contributed by atoms with Gasteiger partial charge in [-0.1, -0.05) is 65.0 Å². The van der Waals surface area contributed by atoms with Gasteiger partial charge in [0.1, 0.15) is 0 Å². The van der Waals surface area contributed by atoms with Crippen LogP contribution in [0.2, 0.25) is 0 Å². The maximum atomic E-state index is 3.71. The molecule has 13 heavy (non-hydrogen) atoms. The molecule has 0 aromatic rings. The van der Waals surface area contributed by atoms with Crippen LogP contribution in [0.3, 0.4) is 0 Å². The van der Waals surface area contributed by atoms with Crippen LogP contribution in [0.1, 0.15) is 58.8 Å². The summed E-state index contributed by atoms with van der Waals surface area (Å²) in [6.45, 7) is 4.49. The van der Waals surface area contributed by atoms with E-state index in [0.717, 1.165) is 9.65 Å². The fraction of sp³-hybridized carbons (Fsp3) is 1.00. The van der Waals surface area contributed by atoms with Crippen LogP contribution in [0.25, 0.3) is 0 Å². The van der Waals surface area contributed by atoms with Crippen LogP contribution in [0.15, 0.2) is 0 Å². The minimum atomic E-state index is 0.743. The van der Waals surface area contributed by atoms with Gasteiger partial charge in [-0.2, -0.15) is 0 Å². The Balaban J connectivity index is 3.15. The quantitative estimate of drug-likeness (QED) is 0.422. The highest BCUT2D eigenvalue weighted by molar-refractivity contribution is 9.09. The van der Waals surface area contributed by atoms with Crippen LogP contribution in [0, 0.1) is 0 Å². The Morgan fingerprint density at radius 3 is 1.85 bits per heavy atom. The summed E-state index contributed by atoms with van der Waals surface area (Å²) >= 11 is 7.37. The highest BCUT2D eigenvalue weighted by atomic mass is 79.9. The maximum Gasteiger partial charge on any atom is 0.0145 e. The third-order valence-corrected chi connectivity index (χ3v) is 4.35. The number of alkyl halides is 2. The van der Waals surface area contributed by atoms with Gasteiger partial charge in [-0.25, -0.2) is 0 Å². The van der Waals surface area contributed by atoms with E-state index in [-0.39, 0.29) is 0 Å². The molecule has 0 heterocycles. The molecule has 0 rings (SSSR count). The number of halogens is 2. The van der Waals surface area contributed by atoms with Gasteiger partial charge in [0.25, 0.3) is 0 Å². The van der Waals surface area contributed by atoms with Crippen LogP contribution in [-0.2, 0) is 0 Å². The van der Waals surface area contributed by atoms with Crippen LogP contribution in [-0.4, -0.2) is 9.65 Å². The van der Waals surface area contributed by atoms with Crippen LogP contribution >= 0.6 is 31.9 Å². The average Bonchev–Trinajstić information content (AvgIpc) is 2.12. The average molecular weight is 314 g/mol. The Kier molecular flexibility index (Phi) is 10.2. The summed E-state index contributed by atoms with van der Waals surface area (Å²) in [4.78, 5) is 1.50. The fourth-order valence-electron chi connectivity index (χ4n) is 1.39. The predicted molar refractivity (Wildman–Crippen MR) is 69.1 cm³/mol. The minimum absolute atomic E-state index is 0.743. The molecule has 0 amide bonds. The first-order valence-corrected chi connectivity index (χ1v) is 7.31. The summed E-state index contributed by atoms with van der Waals surface area (Å²) in [6.07, 6.45) is 9.30. The lowest BCUT2D eigenvalue weighted by Crippen LogP contribution is -1.99. The van der Waals surface area contributed by atoms with Gasteiger partial charge in [-0.05, 0) is 25.7 Å². The largest absolute Gasteiger partial charge is 0.0891 e. The van der Waals surface area contributed by atoms with Gasteiger partial charge in [0, 0.05) is 9.65 Å². The molecular formula is C11H22Br2. The molecule has 0 fully saturated rings. The highest BCUT2D eigenvalue weighted by Gasteiger charge is 2.04. The molecule has 0 aliphatic rings. The van der Waals surface area contributed by atoms with Crippen molar-refractivity contribution in [1.82, 2.24) is 0 Å². The second-order valence-electron chi connectivity index (χ2n) is 3.68. The second-order valence-corrected chi connectivity index (χ2v) is 6.27. The topological polar surface area (TPSA) is 0 Å². The zero-order valence-corrected chi connectivity index (χ0v) is 12.0. The van der Waals surface area contributed by atoms with Gasteiger partial charge in [0.2, 0.25) is 0 Å². The Hall–Kier alpha value is 0.960. The molecule has 2 atom stereocenters. The first kappa shape index (κ1) is 14.0. The van der Waals surface area contributed by atoms with E-state index in [1.54, 1.807) is 0 Å². The molecule has 0 aromatic carbocycles. The van der Waals surface area contributed by atoms with Crippen molar-refractivity contribution in [2.45, 2.75) is 68.4 Å². The Morgan fingerprint density at radius 1 is 0.846 bits per heavy atom. The van der Waals surface area contributed by atoms with E-state index in [4.69, 9.17) is 0 Å². The molecule has 0 saturated carbocycles. The van der Waals surface area contributed by atoms with E-state index in [1.165, 1.54) is 44.9 Å². The third kappa shape index (κ3) is 9.27. The monoisotopic (exact) mass is 312 g/mol. The predicted octanol–water partition coefficient (Wildman–Crippen LogP) is 5.28. The molecule has 0 aromatic heterocycles. The fourth-order valence-corrected chi connectivity index (χ4v) is 2.50. The molecule has 0 saturated heterocycles. The molecule has 0 aliphatic heterocycles. The Labute approximate surface area is 100 Å². The molecule has 0 bridgehead atoms. The summed E-state index contributed by atoms with van der Waals surface area (Å²) < 4.78 is 0. The summed E-state index contributed by atoms with van der Waals surface area (Å²) in [5, 5.41) is 0. The maximum absolute atomic E-state index is 3.71. The highest BCUT2D eigenvalue weighted by Crippen LogP contribution is 2.19. The van der Waals surface area contributed by atoms with E-state index < -0.39 is 0 Å². The zero-order valence-electron chi connectivity index (χ0n) is 8.86. The molecule has 0 spiro atoms. The molecule has 2 unspecified atom stereocenters. The smallest absolute Gasteiger partial charge is 0.0145 e. The van der Waals surface area contributed by atoms with Crippen LogP contribution in [0.5, 0.6) is 0 Å². The van der Waals surface area contributed by atoms with Gasteiger partial charge < -0.3 is 0 Å². The SMILES string of the molecule is CCCC(Br)CCCCC(Br)CC. The molecule has 0 aliphatic carbocycles. The normalized spacial score (nSPS) is 15.7. The Bertz CT molecular complexity index is 104. The number of rotatable bonds is 8. The molecule has 0 N–H and O–H groups in total. The van der Waals surface area contributed by atoms with Gasteiger partial charge in [0.15, 0.2) is 0 Å². The van der Waals surface area contributed by atoms with Crippen molar-refractivity contribution in [2.24, 2.45) is 0 Å². The minimum Gasteiger partial charge on any atom is -0.0891 e. The summed E-state index contributed by atoms with van der Waals surface area (Å²) in [6, 6.07) is 0. The van der Waals surface area contributed by atoms with Gasteiger partial charge in [-0.3, -0.25) is 0 Å². The second kappa shape index (κ2) is 9.51. The lowest BCUT2D eigenvalue weighted by atomic mass is 10.1. The van der Waals surface area contributed by atoms with E-state index in [1.807, 2.05) is 0 Å². The lowest BCUT2D eigenvalue weighted by molar-refractivity contribution is 0.594. The van der Waals surface area contributed by atoms with Crippen LogP contribution < -0.4 is 0 Å². The third-order valence-electron chi connectivity index (χ3n) is 2.33. The van der Waals surface area contributed by atoms with Crippen molar-refractivity contribution in [2.75, 3.05) is 0 Å². The lowest BCUT2D eigenvalue weighted by Gasteiger charge is -2.09. The van der Waals surface area contributed by atoms with Crippen LogP contribution in [0.4, 0.5) is 0 Å². The first-order chi connectivity index (χ1) is 6.20. The summed E-state index contributed by atoms with van der Waals surface area (Å²) in [5.74, 6) is 0. The molecule has 2 heteroatoms. The van der Waals surface area contributed by atoms with Crippen molar-refractivity contribution < 1.29 is 0 Å². The Morgan fingerprint density at radius 2 is 1.38 bits per heavy atom. The van der Waals surface area contributed by atoms with Gasteiger partial charge >= 0.3 is 0 Å². The summed E-state index contributed by atoms with van der Waals surface area (Å²) in [7, 11) is 0. The number of unbranched alkanes of at least 4 members (excludes halogenated alkanes) is 1. The van der Waals surface area contributed by atoms with Crippen molar-refractivity contribution in [3.63, 3.8) is 0 Å². The van der Waals surface area contributed by atoms with Crippen molar-refractivity contribution >= 4 is 31.9 Å². The van der Waals surface area contributed by atoms with E-state index in [2.05, 4.69) is 45.7 Å². The standard InChI is InChI=1S/C11H22Br2/c1-3-7-11(13)9-6-5-8-10(12)4-2/h10-11H,3-9H2,1-2H3. The van der Waals surface area contributed by atoms with Crippen molar-refractivity contribution in [3.05, 3.63) is 0 Å². The van der Waals surface area contributed by atoms with E-state index in [9.17, 15) is 0 Å². The van der Waals surface area contributed by atoms with E-state index in [0.29, 0.717) is 0 Å². The number of hydrogen-bond acceptors (Lipinski definition) is 0. The first-order valence-electron chi connectivity index (χ1n) is 5.48. The van der Waals surface area contributed by atoms with E-state index >= 15 is 0 Å². The molecule has 80 valence electrons. The molecular weight excluding hydrogens is 292 g/mol. The molecule has 0 radical (unpaired) electrons. The van der Waals surface area contributed by atoms with Gasteiger partial charge in [0.05, 0.1) is 0 Å². The van der Waals surface area contributed by atoms with Gasteiger partial charge in [-0.15, -0.1) is 0 Å². The number of hydrogen-bond donors (Lipinski definition) is 0. The molecule has 0 nitrogen and oxygen atoms in total. The summed E-state index contributed by atoms with van der Waals surface area (Å²) in [5.41, 5.74) is 0. The van der Waals surface area contributed by atoms with Crippen molar-refractivity contribution in [3.8, 4) is 0 Å².